The SMILES string of the molecule is OCc1noc2c1C(F)(F)CC2. The van der Waals surface area contributed by atoms with Gasteiger partial charge in [-0.3, -0.25) is 0 Å². The Morgan fingerprint density at radius 1 is 1.58 bits per heavy atom. The number of halogens is 2. The molecule has 3 nitrogen and oxygen atoms in total. The van der Waals surface area contributed by atoms with Gasteiger partial charge in [0.05, 0.1) is 12.2 Å². The Kier molecular flexibility index (Phi) is 1.44. The Morgan fingerprint density at radius 3 is 3.00 bits per heavy atom. The lowest BCUT2D eigenvalue weighted by atomic mass is 10.1. The standard InChI is InChI=1S/C7H7F2NO2/c8-7(9)2-1-5-6(7)4(3-11)10-12-5/h11H,1-3H2. The van der Waals surface area contributed by atoms with Crippen molar-refractivity contribution in [1.29, 1.82) is 0 Å². The molecule has 1 aliphatic carbocycles. The summed E-state index contributed by atoms with van der Waals surface area (Å²) in [6, 6.07) is 0. The average molecular weight is 175 g/mol. The van der Waals surface area contributed by atoms with Gasteiger partial charge in [-0.05, 0) is 0 Å². The molecule has 5 heteroatoms. The third-order valence-electron chi connectivity index (χ3n) is 2.02. The van der Waals surface area contributed by atoms with E-state index in [0.717, 1.165) is 0 Å². The van der Waals surface area contributed by atoms with Crippen molar-refractivity contribution in [2.45, 2.75) is 25.4 Å². The van der Waals surface area contributed by atoms with Gasteiger partial charge in [0.15, 0.2) is 0 Å². The highest BCUT2D eigenvalue weighted by Gasteiger charge is 2.44. The summed E-state index contributed by atoms with van der Waals surface area (Å²) in [6.07, 6.45) is -0.0357. The summed E-state index contributed by atoms with van der Waals surface area (Å²) in [5.41, 5.74) is -0.238. The van der Waals surface area contributed by atoms with Crippen LogP contribution in [-0.4, -0.2) is 10.3 Å². The van der Waals surface area contributed by atoms with Crippen molar-refractivity contribution in [3.63, 3.8) is 0 Å². The van der Waals surface area contributed by atoms with Crippen LogP contribution in [0.1, 0.15) is 23.4 Å². The van der Waals surface area contributed by atoms with Gasteiger partial charge in [-0.15, -0.1) is 0 Å². The van der Waals surface area contributed by atoms with Gasteiger partial charge >= 0.3 is 0 Å². The first-order chi connectivity index (χ1) is 5.65. The van der Waals surface area contributed by atoms with E-state index in [-0.39, 0.29) is 29.9 Å². The molecular weight excluding hydrogens is 168 g/mol. The van der Waals surface area contributed by atoms with Crippen molar-refractivity contribution < 1.29 is 18.4 Å². The first-order valence-electron chi connectivity index (χ1n) is 3.62. The number of aryl methyl sites for hydroxylation is 1. The molecule has 0 atom stereocenters. The molecule has 0 bridgehead atoms. The van der Waals surface area contributed by atoms with E-state index in [0.29, 0.717) is 0 Å². The highest BCUT2D eigenvalue weighted by molar-refractivity contribution is 5.32. The van der Waals surface area contributed by atoms with Crippen LogP contribution in [0.5, 0.6) is 0 Å². The number of aromatic nitrogens is 1. The predicted octanol–water partition coefficient (Wildman–Crippen LogP) is 1.20. The molecule has 2 rings (SSSR count). The van der Waals surface area contributed by atoms with E-state index in [2.05, 4.69) is 9.68 Å². The van der Waals surface area contributed by atoms with Crippen LogP contribution in [0.25, 0.3) is 0 Å². The Labute approximate surface area is 67.0 Å². The van der Waals surface area contributed by atoms with Crippen molar-refractivity contribution >= 4 is 0 Å². The van der Waals surface area contributed by atoms with Gasteiger partial charge in [0.1, 0.15) is 11.5 Å². The Balaban J connectivity index is 2.53. The largest absolute Gasteiger partial charge is 0.390 e. The third kappa shape index (κ3) is 0.859. The summed E-state index contributed by atoms with van der Waals surface area (Å²) in [5.74, 6) is -2.66. The van der Waals surface area contributed by atoms with E-state index in [1.807, 2.05) is 0 Å². The molecule has 1 aliphatic rings. The maximum Gasteiger partial charge on any atom is 0.279 e. The van der Waals surface area contributed by atoms with Crippen molar-refractivity contribution in [1.82, 2.24) is 5.16 Å². The number of fused-ring (bicyclic) bond motifs is 1. The lowest BCUT2D eigenvalue weighted by molar-refractivity contribution is -0.00395. The van der Waals surface area contributed by atoms with Crippen LogP contribution in [0, 0.1) is 0 Å². The number of nitrogens with zero attached hydrogens (tertiary/aromatic N) is 1. The van der Waals surface area contributed by atoms with Gasteiger partial charge in [0.2, 0.25) is 0 Å². The molecule has 0 unspecified atom stereocenters. The van der Waals surface area contributed by atoms with Crippen LogP contribution < -0.4 is 0 Å². The molecule has 1 aromatic heterocycles. The van der Waals surface area contributed by atoms with Gasteiger partial charge in [-0.2, -0.15) is 0 Å². The fraction of sp³-hybridized carbons (Fsp3) is 0.571. The second-order valence-corrected chi connectivity index (χ2v) is 2.79. The number of aliphatic hydroxyl groups is 1. The van der Waals surface area contributed by atoms with Crippen LogP contribution in [0.3, 0.4) is 0 Å². The summed E-state index contributed by atoms with van der Waals surface area (Å²) >= 11 is 0. The molecule has 0 amide bonds. The zero-order valence-electron chi connectivity index (χ0n) is 6.18. The fourth-order valence-electron chi connectivity index (χ4n) is 1.45. The summed E-state index contributed by atoms with van der Waals surface area (Å²) in [5, 5.41) is 12.0. The molecule has 12 heavy (non-hydrogen) atoms. The maximum absolute atomic E-state index is 13.0. The van der Waals surface area contributed by atoms with Gasteiger partial charge in [0.25, 0.3) is 5.92 Å². The summed E-state index contributed by atoms with van der Waals surface area (Å²) < 4.78 is 30.7. The Bertz CT molecular complexity index is 308. The van der Waals surface area contributed by atoms with Crippen molar-refractivity contribution in [2.75, 3.05) is 0 Å². The van der Waals surface area contributed by atoms with E-state index in [1.165, 1.54) is 0 Å². The maximum atomic E-state index is 13.0. The van der Waals surface area contributed by atoms with Crippen molar-refractivity contribution in [3.8, 4) is 0 Å². The molecule has 1 aromatic rings. The van der Waals surface area contributed by atoms with Crippen LogP contribution in [0.4, 0.5) is 8.78 Å². The Morgan fingerprint density at radius 2 is 2.33 bits per heavy atom. The number of hydrogen-bond acceptors (Lipinski definition) is 3. The fourth-order valence-corrected chi connectivity index (χ4v) is 1.45. The van der Waals surface area contributed by atoms with Gasteiger partial charge < -0.3 is 9.63 Å². The zero-order chi connectivity index (χ0) is 8.77. The molecule has 0 fully saturated rings. The van der Waals surface area contributed by atoms with Crippen LogP contribution in [-0.2, 0) is 19.0 Å². The zero-order valence-corrected chi connectivity index (χ0v) is 6.18. The third-order valence-corrected chi connectivity index (χ3v) is 2.02. The van der Waals surface area contributed by atoms with Crippen LogP contribution in [0.15, 0.2) is 4.52 Å². The topological polar surface area (TPSA) is 46.3 Å². The molecule has 0 saturated carbocycles. The number of alkyl halides is 2. The predicted molar refractivity (Wildman–Crippen MR) is 34.6 cm³/mol. The van der Waals surface area contributed by atoms with Crippen LogP contribution >= 0.6 is 0 Å². The van der Waals surface area contributed by atoms with Gasteiger partial charge in [0, 0.05) is 12.8 Å². The van der Waals surface area contributed by atoms with E-state index >= 15 is 0 Å². The molecule has 0 aromatic carbocycles. The minimum Gasteiger partial charge on any atom is -0.390 e. The van der Waals surface area contributed by atoms with Gasteiger partial charge in [-0.1, -0.05) is 5.16 Å². The van der Waals surface area contributed by atoms with E-state index in [9.17, 15) is 8.78 Å². The second-order valence-electron chi connectivity index (χ2n) is 2.79. The minimum absolute atomic E-state index is 0.0347. The minimum atomic E-state index is -2.87. The van der Waals surface area contributed by atoms with Crippen LogP contribution in [0.2, 0.25) is 0 Å². The molecule has 0 radical (unpaired) electrons. The van der Waals surface area contributed by atoms with E-state index in [4.69, 9.17) is 5.11 Å². The summed E-state index contributed by atoms with van der Waals surface area (Å²) in [4.78, 5) is 0. The second kappa shape index (κ2) is 2.26. The normalized spacial score (nSPS) is 19.6. The molecular formula is C7H7F2NO2. The van der Waals surface area contributed by atoms with E-state index < -0.39 is 12.5 Å². The molecule has 0 saturated heterocycles. The number of hydrogen-bond donors (Lipinski definition) is 1. The highest BCUT2D eigenvalue weighted by Crippen LogP contribution is 2.43. The summed E-state index contributed by atoms with van der Waals surface area (Å²) in [6.45, 7) is -0.492. The Hall–Kier alpha value is -0.970. The first-order valence-corrected chi connectivity index (χ1v) is 3.62. The molecule has 0 spiro atoms. The molecule has 0 aliphatic heterocycles. The molecule has 1 heterocycles. The smallest absolute Gasteiger partial charge is 0.279 e. The van der Waals surface area contributed by atoms with E-state index in [1.54, 1.807) is 0 Å². The highest BCUT2D eigenvalue weighted by atomic mass is 19.3. The first kappa shape index (κ1) is 7.67. The quantitative estimate of drug-likeness (QED) is 0.697. The molecule has 66 valence electrons. The summed E-state index contributed by atoms with van der Waals surface area (Å²) in [7, 11) is 0. The van der Waals surface area contributed by atoms with Crippen molar-refractivity contribution in [2.24, 2.45) is 0 Å². The number of rotatable bonds is 1. The number of aliphatic hydroxyl groups excluding tert-OH is 1. The lowest BCUT2D eigenvalue weighted by Gasteiger charge is -2.07. The average Bonchev–Trinajstić information content (AvgIpc) is 2.53. The van der Waals surface area contributed by atoms with Crippen molar-refractivity contribution in [3.05, 3.63) is 17.0 Å². The lowest BCUT2D eigenvalue weighted by Crippen LogP contribution is -2.10. The van der Waals surface area contributed by atoms with Gasteiger partial charge in [-0.25, -0.2) is 8.78 Å². The monoisotopic (exact) mass is 175 g/mol. The molecule has 1 N–H and O–H groups in total.